The number of carbonyl (C=O) groups excluding carboxylic acids is 1. The average Bonchev–Trinajstić information content (AvgIpc) is 2.85. The molecular weight excluding hydrogens is 190 g/mol. The number of amides is 1. The number of rotatable bonds is 2. The van der Waals surface area contributed by atoms with E-state index in [4.69, 9.17) is 5.73 Å². The van der Waals surface area contributed by atoms with Crippen molar-refractivity contribution in [1.29, 1.82) is 0 Å². The molecule has 0 spiro atoms. The summed E-state index contributed by atoms with van der Waals surface area (Å²) in [5.74, 6) is 0.293. The van der Waals surface area contributed by atoms with E-state index in [1.165, 1.54) is 0 Å². The third kappa shape index (κ3) is 2.32. The topological polar surface area (TPSA) is 49.6 Å². The molecule has 0 bridgehead atoms. The highest BCUT2D eigenvalue weighted by molar-refractivity contribution is 5.81. The summed E-state index contributed by atoms with van der Waals surface area (Å²) in [5.41, 5.74) is 5.85. The molecule has 86 valence electrons. The highest BCUT2D eigenvalue weighted by atomic mass is 16.2. The van der Waals surface area contributed by atoms with Gasteiger partial charge in [-0.1, -0.05) is 0 Å². The molecule has 0 aromatic heterocycles. The minimum Gasteiger partial charge on any atom is -0.341 e. The molecule has 0 aromatic rings. The van der Waals surface area contributed by atoms with Crippen LogP contribution in [-0.4, -0.2) is 54.0 Å². The third-order valence-corrected chi connectivity index (χ3v) is 3.58. The Kier molecular flexibility index (Phi) is 3.26. The Balaban J connectivity index is 1.89. The van der Waals surface area contributed by atoms with Gasteiger partial charge in [-0.05, 0) is 26.2 Å². The molecule has 15 heavy (non-hydrogen) atoms. The second-order valence-corrected chi connectivity index (χ2v) is 4.75. The fourth-order valence-electron chi connectivity index (χ4n) is 2.53. The number of carbonyl (C=O) groups is 1. The van der Waals surface area contributed by atoms with E-state index in [0.717, 1.165) is 45.4 Å². The van der Waals surface area contributed by atoms with Crippen molar-refractivity contribution in [1.82, 2.24) is 9.80 Å². The molecule has 2 aliphatic heterocycles. The number of nitrogens with zero attached hydrogens (tertiary/aromatic N) is 2. The van der Waals surface area contributed by atoms with Gasteiger partial charge in [0.1, 0.15) is 0 Å². The zero-order valence-corrected chi connectivity index (χ0v) is 9.48. The largest absolute Gasteiger partial charge is 0.341 e. The highest BCUT2D eigenvalue weighted by Crippen LogP contribution is 2.15. The minimum atomic E-state index is 0.0247. The van der Waals surface area contributed by atoms with Gasteiger partial charge in [-0.2, -0.15) is 0 Å². The van der Waals surface area contributed by atoms with Crippen LogP contribution in [0.4, 0.5) is 0 Å². The minimum absolute atomic E-state index is 0.0247. The summed E-state index contributed by atoms with van der Waals surface area (Å²) in [6.45, 7) is 5.76. The van der Waals surface area contributed by atoms with Crippen molar-refractivity contribution in [3.63, 3.8) is 0 Å². The lowest BCUT2D eigenvalue weighted by Crippen LogP contribution is -2.46. The average molecular weight is 211 g/mol. The molecule has 1 amide bonds. The van der Waals surface area contributed by atoms with Gasteiger partial charge >= 0.3 is 0 Å². The molecule has 2 N–H and O–H groups in total. The second-order valence-electron chi connectivity index (χ2n) is 4.75. The van der Waals surface area contributed by atoms with Crippen LogP contribution in [0, 0.1) is 0 Å². The highest BCUT2D eigenvalue weighted by Gasteiger charge is 2.31. The van der Waals surface area contributed by atoms with Crippen molar-refractivity contribution in [2.45, 2.75) is 38.3 Å². The molecule has 0 aromatic carbocycles. The van der Waals surface area contributed by atoms with Crippen LogP contribution in [0.15, 0.2) is 0 Å². The first-order valence-electron chi connectivity index (χ1n) is 5.97. The molecule has 2 heterocycles. The molecule has 0 aliphatic carbocycles. The van der Waals surface area contributed by atoms with Gasteiger partial charge in [-0.25, -0.2) is 0 Å². The van der Waals surface area contributed by atoms with Crippen LogP contribution in [0.3, 0.4) is 0 Å². The summed E-state index contributed by atoms with van der Waals surface area (Å²) >= 11 is 0. The van der Waals surface area contributed by atoms with Gasteiger partial charge in [0.25, 0.3) is 0 Å². The SMILES string of the molecule is CC(C(=O)N1CCCC1)N1CCC(N)C1. The van der Waals surface area contributed by atoms with Crippen molar-refractivity contribution in [3.05, 3.63) is 0 Å². The molecule has 2 atom stereocenters. The predicted molar refractivity (Wildman–Crippen MR) is 59.4 cm³/mol. The summed E-state index contributed by atoms with van der Waals surface area (Å²) in [5, 5.41) is 0. The van der Waals surface area contributed by atoms with Gasteiger partial charge in [-0.3, -0.25) is 9.69 Å². The lowest BCUT2D eigenvalue weighted by molar-refractivity contribution is -0.134. The monoisotopic (exact) mass is 211 g/mol. The Hall–Kier alpha value is -0.610. The fraction of sp³-hybridized carbons (Fsp3) is 0.909. The number of hydrogen-bond donors (Lipinski definition) is 1. The normalized spacial score (nSPS) is 29.7. The second kappa shape index (κ2) is 4.49. The van der Waals surface area contributed by atoms with E-state index >= 15 is 0 Å². The summed E-state index contributed by atoms with van der Waals surface area (Å²) in [6, 6.07) is 0.287. The van der Waals surface area contributed by atoms with Crippen LogP contribution in [-0.2, 0) is 4.79 Å². The molecule has 0 radical (unpaired) electrons. The zero-order valence-electron chi connectivity index (χ0n) is 9.48. The number of hydrogen-bond acceptors (Lipinski definition) is 3. The molecule has 4 nitrogen and oxygen atoms in total. The first-order valence-corrected chi connectivity index (χ1v) is 5.97. The first-order chi connectivity index (χ1) is 7.18. The van der Waals surface area contributed by atoms with Crippen molar-refractivity contribution in [2.24, 2.45) is 5.73 Å². The summed E-state index contributed by atoms with van der Waals surface area (Å²) < 4.78 is 0. The van der Waals surface area contributed by atoms with Crippen molar-refractivity contribution >= 4 is 5.91 Å². The van der Waals surface area contributed by atoms with Gasteiger partial charge in [0.05, 0.1) is 6.04 Å². The van der Waals surface area contributed by atoms with Gasteiger partial charge in [0, 0.05) is 32.2 Å². The van der Waals surface area contributed by atoms with Crippen molar-refractivity contribution < 1.29 is 4.79 Å². The lowest BCUT2D eigenvalue weighted by Gasteiger charge is -2.27. The van der Waals surface area contributed by atoms with Gasteiger partial charge in [0.2, 0.25) is 5.91 Å². The summed E-state index contributed by atoms with van der Waals surface area (Å²) in [6.07, 6.45) is 3.35. The standard InChI is InChI=1S/C11H21N3O/c1-9(14-7-4-10(12)8-14)11(15)13-5-2-3-6-13/h9-10H,2-8,12H2,1H3. The van der Waals surface area contributed by atoms with E-state index in [2.05, 4.69) is 4.90 Å². The quantitative estimate of drug-likeness (QED) is 0.701. The van der Waals surface area contributed by atoms with Crippen LogP contribution < -0.4 is 5.73 Å². The number of nitrogens with two attached hydrogens (primary N) is 1. The summed E-state index contributed by atoms with van der Waals surface area (Å²) in [7, 11) is 0. The van der Waals surface area contributed by atoms with Crippen LogP contribution in [0.2, 0.25) is 0 Å². The molecule has 2 fully saturated rings. The predicted octanol–water partition coefficient (Wildman–Crippen LogP) is 0.0303. The maximum atomic E-state index is 12.1. The smallest absolute Gasteiger partial charge is 0.239 e. The molecule has 2 rings (SSSR count). The van der Waals surface area contributed by atoms with E-state index in [1.807, 2.05) is 11.8 Å². The first kappa shape index (κ1) is 10.9. The maximum absolute atomic E-state index is 12.1. The van der Waals surface area contributed by atoms with Crippen LogP contribution in [0.5, 0.6) is 0 Å². The zero-order chi connectivity index (χ0) is 10.8. The molecule has 2 aliphatic rings. The molecule has 4 heteroatoms. The summed E-state index contributed by atoms with van der Waals surface area (Å²) in [4.78, 5) is 16.3. The Morgan fingerprint density at radius 2 is 2.00 bits per heavy atom. The van der Waals surface area contributed by atoms with Crippen LogP contribution >= 0.6 is 0 Å². The van der Waals surface area contributed by atoms with E-state index in [0.29, 0.717) is 5.91 Å². The van der Waals surface area contributed by atoms with Gasteiger partial charge in [-0.15, -0.1) is 0 Å². The van der Waals surface area contributed by atoms with E-state index in [-0.39, 0.29) is 12.1 Å². The molecular formula is C11H21N3O. The Labute approximate surface area is 91.4 Å². The van der Waals surface area contributed by atoms with E-state index in [1.54, 1.807) is 0 Å². The van der Waals surface area contributed by atoms with Crippen molar-refractivity contribution in [2.75, 3.05) is 26.2 Å². The fourth-order valence-corrected chi connectivity index (χ4v) is 2.53. The number of likely N-dealkylation sites (tertiary alicyclic amines) is 2. The van der Waals surface area contributed by atoms with E-state index < -0.39 is 0 Å². The van der Waals surface area contributed by atoms with Gasteiger partial charge in [0.15, 0.2) is 0 Å². The van der Waals surface area contributed by atoms with Crippen molar-refractivity contribution in [3.8, 4) is 0 Å². The molecule has 2 saturated heterocycles. The third-order valence-electron chi connectivity index (χ3n) is 3.58. The molecule has 0 saturated carbocycles. The maximum Gasteiger partial charge on any atom is 0.239 e. The van der Waals surface area contributed by atoms with E-state index in [9.17, 15) is 4.79 Å². The van der Waals surface area contributed by atoms with Crippen LogP contribution in [0.25, 0.3) is 0 Å². The lowest BCUT2D eigenvalue weighted by atomic mass is 10.2. The Bertz CT molecular complexity index is 238. The Morgan fingerprint density at radius 1 is 1.33 bits per heavy atom. The van der Waals surface area contributed by atoms with Gasteiger partial charge < -0.3 is 10.6 Å². The Morgan fingerprint density at radius 3 is 2.53 bits per heavy atom. The molecule has 2 unspecified atom stereocenters. The van der Waals surface area contributed by atoms with Crippen LogP contribution in [0.1, 0.15) is 26.2 Å².